The first kappa shape index (κ1) is 15.1. The first-order valence-electron chi connectivity index (χ1n) is 6.13. The molecule has 0 saturated heterocycles. The molecule has 0 spiro atoms. The summed E-state index contributed by atoms with van der Waals surface area (Å²) < 4.78 is 13.2. The van der Waals surface area contributed by atoms with Crippen LogP contribution in [0.5, 0.6) is 5.75 Å². The molecular formula is C15H14Cl2FNO. The fraction of sp³-hybridized carbons (Fsp3) is 0.200. The van der Waals surface area contributed by atoms with E-state index in [1.54, 1.807) is 18.2 Å². The van der Waals surface area contributed by atoms with Crippen molar-refractivity contribution in [1.29, 1.82) is 0 Å². The first-order valence-corrected chi connectivity index (χ1v) is 6.88. The molecule has 0 fully saturated rings. The molecule has 0 amide bonds. The van der Waals surface area contributed by atoms with Crippen molar-refractivity contribution in [2.75, 3.05) is 0 Å². The maximum atomic E-state index is 13.2. The molecule has 0 radical (unpaired) electrons. The van der Waals surface area contributed by atoms with E-state index in [-0.39, 0.29) is 11.8 Å². The molecule has 2 N–H and O–H groups in total. The smallest absolute Gasteiger partial charge is 0.165 e. The Morgan fingerprint density at radius 3 is 2.60 bits per heavy atom. The normalized spacial score (nSPS) is 12.4. The van der Waals surface area contributed by atoms with Gasteiger partial charge in [0, 0.05) is 22.6 Å². The number of aromatic hydroxyl groups is 1. The Morgan fingerprint density at radius 1 is 1.20 bits per heavy atom. The van der Waals surface area contributed by atoms with Gasteiger partial charge in [0.1, 0.15) is 0 Å². The Balaban J connectivity index is 2.04. The van der Waals surface area contributed by atoms with Crippen molar-refractivity contribution < 1.29 is 9.50 Å². The summed E-state index contributed by atoms with van der Waals surface area (Å²) in [5, 5.41) is 13.6. The first-order chi connectivity index (χ1) is 9.47. The maximum Gasteiger partial charge on any atom is 0.165 e. The van der Waals surface area contributed by atoms with Gasteiger partial charge in [-0.3, -0.25) is 0 Å². The van der Waals surface area contributed by atoms with Crippen molar-refractivity contribution in [3.8, 4) is 5.75 Å². The quantitative estimate of drug-likeness (QED) is 0.858. The van der Waals surface area contributed by atoms with E-state index in [0.717, 1.165) is 11.1 Å². The number of phenols is 1. The van der Waals surface area contributed by atoms with E-state index in [1.807, 2.05) is 13.0 Å². The van der Waals surface area contributed by atoms with Gasteiger partial charge in [0.05, 0.1) is 0 Å². The van der Waals surface area contributed by atoms with Crippen molar-refractivity contribution >= 4 is 23.2 Å². The van der Waals surface area contributed by atoms with Gasteiger partial charge >= 0.3 is 0 Å². The molecule has 2 nitrogen and oxygen atoms in total. The standard InChI is InChI=1S/C15H14Cl2FNO/c1-9(12-4-3-11(16)7-13(12)17)19-8-10-2-5-15(20)14(18)6-10/h2-7,9,19-20H,8H2,1H3. The largest absolute Gasteiger partial charge is 0.505 e. The van der Waals surface area contributed by atoms with Gasteiger partial charge in [0.15, 0.2) is 11.6 Å². The minimum absolute atomic E-state index is 0.00312. The molecule has 0 aliphatic carbocycles. The number of nitrogens with one attached hydrogen (secondary N) is 1. The van der Waals surface area contributed by atoms with Gasteiger partial charge < -0.3 is 10.4 Å². The van der Waals surface area contributed by atoms with Crippen LogP contribution in [0.25, 0.3) is 0 Å². The molecule has 106 valence electrons. The third-order valence-electron chi connectivity index (χ3n) is 3.05. The highest BCUT2D eigenvalue weighted by molar-refractivity contribution is 6.35. The molecule has 0 bridgehead atoms. The van der Waals surface area contributed by atoms with Crippen LogP contribution >= 0.6 is 23.2 Å². The fourth-order valence-electron chi connectivity index (χ4n) is 1.89. The third-order valence-corrected chi connectivity index (χ3v) is 3.62. The Labute approximate surface area is 127 Å². The minimum atomic E-state index is -0.624. The molecule has 0 saturated carbocycles. The molecule has 5 heteroatoms. The van der Waals surface area contributed by atoms with Crippen molar-refractivity contribution in [2.24, 2.45) is 0 Å². The summed E-state index contributed by atoms with van der Waals surface area (Å²) >= 11 is 12.0. The highest BCUT2D eigenvalue weighted by atomic mass is 35.5. The Hall–Kier alpha value is -1.29. The van der Waals surface area contributed by atoms with Crippen molar-refractivity contribution in [3.63, 3.8) is 0 Å². The van der Waals surface area contributed by atoms with Crippen molar-refractivity contribution in [1.82, 2.24) is 5.32 Å². The molecule has 0 aromatic heterocycles. The van der Waals surface area contributed by atoms with E-state index in [1.165, 1.54) is 12.1 Å². The van der Waals surface area contributed by atoms with E-state index in [0.29, 0.717) is 16.6 Å². The molecular weight excluding hydrogens is 300 g/mol. The molecule has 20 heavy (non-hydrogen) atoms. The lowest BCUT2D eigenvalue weighted by Crippen LogP contribution is -2.18. The van der Waals surface area contributed by atoms with Crippen LogP contribution in [0.1, 0.15) is 24.1 Å². The second-order valence-corrected chi connectivity index (χ2v) is 5.40. The van der Waals surface area contributed by atoms with Crippen molar-refractivity contribution in [3.05, 3.63) is 63.4 Å². The molecule has 0 aliphatic rings. The number of phenolic OH excluding ortho intramolecular Hbond substituents is 1. The lowest BCUT2D eigenvalue weighted by molar-refractivity contribution is 0.431. The van der Waals surface area contributed by atoms with Crippen LogP contribution in [-0.4, -0.2) is 5.11 Å². The minimum Gasteiger partial charge on any atom is -0.505 e. The van der Waals surface area contributed by atoms with Gasteiger partial charge in [-0.15, -0.1) is 0 Å². The molecule has 1 atom stereocenters. The topological polar surface area (TPSA) is 32.3 Å². The van der Waals surface area contributed by atoms with Gasteiger partial charge in [0.25, 0.3) is 0 Å². The van der Waals surface area contributed by atoms with Crippen molar-refractivity contribution in [2.45, 2.75) is 19.5 Å². The van der Waals surface area contributed by atoms with Crippen LogP contribution in [0.2, 0.25) is 10.0 Å². The van der Waals surface area contributed by atoms with Gasteiger partial charge in [-0.1, -0.05) is 35.3 Å². The summed E-state index contributed by atoms with van der Waals surface area (Å²) in [5.74, 6) is -0.968. The van der Waals surface area contributed by atoms with E-state index in [9.17, 15) is 4.39 Å². The van der Waals surface area contributed by atoms with Gasteiger partial charge in [-0.05, 0) is 42.3 Å². The monoisotopic (exact) mass is 313 g/mol. The number of benzene rings is 2. The van der Waals surface area contributed by atoms with Gasteiger partial charge in [-0.2, -0.15) is 0 Å². The summed E-state index contributed by atoms with van der Waals surface area (Å²) in [6, 6.07) is 9.64. The zero-order valence-corrected chi connectivity index (χ0v) is 12.3. The molecule has 1 unspecified atom stereocenters. The summed E-state index contributed by atoms with van der Waals surface area (Å²) in [4.78, 5) is 0. The lowest BCUT2D eigenvalue weighted by Gasteiger charge is -2.16. The van der Waals surface area contributed by atoms with Crippen LogP contribution in [0, 0.1) is 5.82 Å². The summed E-state index contributed by atoms with van der Waals surface area (Å²) in [7, 11) is 0. The van der Waals surface area contributed by atoms with E-state index in [4.69, 9.17) is 28.3 Å². The molecule has 2 aromatic rings. The number of rotatable bonds is 4. The van der Waals surface area contributed by atoms with Gasteiger partial charge in [0.2, 0.25) is 0 Å². The summed E-state index contributed by atoms with van der Waals surface area (Å²) in [5.41, 5.74) is 1.67. The second kappa shape index (κ2) is 6.44. The highest BCUT2D eigenvalue weighted by Gasteiger charge is 2.10. The van der Waals surface area contributed by atoms with E-state index in [2.05, 4.69) is 5.32 Å². The molecule has 2 aromatic carbocycles. The Bertz CT molecular complexity index is 619. The Kier molecular flexibility index (Phi) is 4.86. The van der Waals surface area contributed by atoms with Crippen LogP contribution in [0.15, 0.2) is 36.4 Å². The predicted octanol–water partition coefficient (Wildman–Crippen LogP) is 4.69. The average molecular weight is 314 g/mol. The zero-order valence-electron chi connectivity index (χ0n) is 10.8. The lowest BCUT2D eigenvalue weighted by atomic mass is 10.1. The predicted molar refractivity (Wildman–Crippen MR) is 79.8 cm³/mol. The van der Waals surface area contributed by atoms with E-state index >= 15 is 0 Å². The van der Waals surface area contributed by atoms with Crippen LogP contribution in [0.3, 0.4) is 0 Å². The number of hydrogen-bond donors (Lipinski definition) is 2. The summed E-state index contributed by atoms with van der Waals surface area (Å²) in [6.45, 7) is 2.43. The Morgan fingerprint density at radius 2 is 1.95 bits per heavy atom. The average Bonchev–Trinajstić information content (AvgIpc) is 2.40. The third kappa shape index (κ3) is 3.63. The number of hydrogen-bond acceptors (Lipinski definition) is 2. The number of halogens is 3. The van der Waals surface area contributed by atoms with E-state index < -0.39 is 5.82 Å². The molecule has 2 rings (SSSR count). The van der Waals surface area contributed by atoms with Crippen LogP contribution < -0.4 is 5.32 Å². The molecule has 0 aliphatic heterocycles. The fourth-order valence-corrected chi connectivity index (χ4v) is 2.47. The maximum absolute atomic E-state index is 13.2. The van der Waals surface area contributed by atoms with Gasteiger partial charge in [-0.25, -0.2) is 4.39 Å². The SMILES string of the molecule is CC(NCc1ccc(O)c(F)c1)c1ccc(Cl)cc1Cl. The second-order valence-electron chi connectivity index (χ2n) is 4.55. The zero-order chi connectivity index (χ0) is 14.7. The highest BCUT2D eigenvalue weighted by Crippen LogP contribution is 2.26. The molecule has 0 heterocycles. The van der Waals surface area contributed by atoms with Crippen LogP contribution in [-0.2, 0) is 6.54 Å². The summed E-state index contributed by atoms with van der Waals surface area (Å²) in [6.07, 6.45) is 0. The van der Waals surface area contributed by atoms with Crippen LogP contribution in [0.4, 0.5) is 4.39 Å².